The molecule has 1 heterocycles. The molecule has 1 aromatic heterocycles. The molecule has 23 heavy (non-hydrogen) atoms. The van der Waals surface area contributed by atoms with Crippen LogP contribution >= 0.6 is 11.6 Å². The maximum absolute atomic E-state index is 6.03. The average molecular weight is 330 g/mol. The van der Waals surface area contributed by atoms with Crippen LogP contribution in [0.15, 0.2) is 48.5 Å². The molecule has 0 amide bonds. The predicted molar refractivity (Wildman–Crippen MR) is 89.5 cm³/mol. The minimum absolute atomic E-state index is 0.289. The van der Waals surface area contributed by atoms with Crippen LogP contribution < -0.4 is 9.47 Å². The third-order valence-corrected chi connectivity index (χ3v) is 3.80. The van der Waals surface area contributed by atoms with Crippen LogP contribution in [-0.4, -0.2) is 29.2 Å². The highest BCUT2D eigenvalue weighted by atomic mass is 35.5. The van der Waals surface area contributed by atoms with Crippen LogP contribution in [0.4, 0.5) is 0 Å². The maximum atomic E-state index is 6.03. The molecule has 0 atom stereocenters. The summed E-state index contributed by atoms with van der Waals surface area (Å²) in [5.74, 6) is 1.87. The van der Waals surface area contributed by atoms with Crippen LogP contribution in [0.1, 0.15) is 5.69 Å². The topological polar surface area (TPSA) is 49.2 Å². The number of hydrogen-bond acceptors (Lipinski definition) is 4. The summed E-state index contributed by atoms with van der Waals surface area (Å²) in [6.45, 7) is 0. The Bertz CT molecular complexity index is 783. The number of halogens is 1. The summed E-state index contributed by atoms with van der Waals surface area (Å²) in [5.41, 5.74) is 3.46. The molecule has 118 valence electrons. The summed E-state index contributed by atoms with van der Waals surface area (Å²) < 4.78 is 12.2. The van der Waals surface area contributed by atoms with E-state index in [0.717, 1.165) is 34.1 Å². The largest absolute Gasteiger partial charge is 0.497 e. The first-order valence-electron chi connectivity index (χ1n) is 7.06. The van der Waals surface area contributed by atoms with E-state index in [9.17, 15) is 0 Å². The average Bonchev–Trinajstić information content (AvgIpc) is 3.06. The van der Waals surface area contributed by atoms with E-state index in [0.29, 0.717) is 0 Å². The van der Waals surface area contributed by atoms with Gasteiger partial charge in [-0.2, -0.15) is 0 Å². The lowest BCUT2D eigenvalue weighted by molar-refractivity contribution is 0.414. The number of nitrogens with zero attached hydrogens (tertiary/aromatic N) is 3. The molecule has 0 aliphatic heterocycles. The van der Waals surface area contributed by atoms with Crippen LogP contribution in [0.5, 0.6) is 11.5 Å². The Balaban J connectivity index is 2.08. The number of alkyl halides is 1. The van der Waals surface area contributed by atoms with Gasteiger partial charge in [0.05, 0.1) is 31.5 Å². The summed E-state index contributed by atoms with van der Waals surface area (Å²) in [5, 5.41) is 8.43. The highest BCUT2D eigenvalue weighted by Gasteiger charge is 2.15. The normalized spacial score (nSPS) is 10.6. The van der Waals surface area contributed by atoms with Crippen LogP contribution in [0.25, 0.3) is 16.9 Å². The first-order chi connectivity index (χ1) is 11.3. The van der Waals surface area contributed by atoms with Gasteiger partial charge in [0.2, 0.25) is 0 Å². The zero-order valence-electron chi connectivity index (χ0n) is 12.9. The molecule has 0 fully saturated rings. The van der Waals surface area contributed by atoms with Gasteiger partial charge < -0.3 is 9.47 Å². The van der Waals surface area contributed by atoms with E-state index in [1.807, 2.05) is 48.5 Å². The zero-order chi connectivity index (χ0) is 16.2. The van der Waals surface area contributed by atoms with Crippen molar-refractivity contribution in [2.75, 3.05) is 14.2 Å². The third-order valence-electron chi connectivity index (χ3n) is 3.55. The number of methoxy groups -OCH3 is 2. The van der Waals surface area contributed by atoms with Gasteiger partial charge in [0.1, 0.15) is 17.2 Å². The lowest BCUT2D eigenvalue weighted by atomic mass is 10.1. The molecule has 5 nitrogen and oxygen atoms in total. The Morgan fingerprint density at radius 1 is 0.913 bits per heavy atom. The van der Waals surface area contributed by atoms with E-state index in [-0.39, 0.29) is 5.88 Å². The van der Waals surface area contributed by atoms with E-state index in [1.165, 1.54) is 0 Å². The summed E-state index contributed by atoms with van der Waals surface area (Å²) in [6, 6.07) is 15.4. The number of aromatic nitrogens is 3. The van der Waals surface area contributed by atoms with Gasteiger partial charge in [0, 0.05) is 5.56 Å². The molecule has 2 aromatic carbocycles. The summed E-state index contributed by atoms with van der Waals surface area (Å²) in [4.78, 5) is 0. The monoisotopic (exact) mass is 329 g/mol. The zero-order valence-corrected chi connectivity index (χ0v) is 13.6. The van der Waals surface area contributed by atoms with Crippen molar-refractivity contribution in [2.45, 2.75) is 5.88 Å². The molecule has 0 unspecified atom stereocenters. The molecule has 3 rings (SSSR count). The van der Waals surface area contributed by atoms with Crippen molar-refractivity contribution in [3.8, 4) is 28.4 Å². The van der Waals surface area contributed by atoms with Crippen LogP contribution in [-0.2, 0) is 5.88 Å². The van der Waals surface area contributed by atoms with Crippen molar-refractivity contribution in [2.24, 2.45) is 0 Å². The van der Waals surface area contributed by atoms with Gasteiger partial charge in [0.25, 0.3) is 0 Å². The first-order valence-corrected chi connectivity index (χ1v) is 7.59. The third kappa shape index (κ3) is 3.00. The molecule has 0 bridgehead atoms. The molecule has 0 N–H and O–H groups in total. The SMILES string of the molecule is COc1ccc(-c2c(CCl)nnn2-c2ccc(OC)cc2)cc1. The molecule has 0 saturated carbocycles. The van der Waals surface area contributed by atoms with E-state index in [4.69, 9.17) is 21.1 Å². The van der Waals surface area contributed by atoms with E-state index in [2.05, 4.69) is 10.3 Å². The Labute approximate surface area is 139 Å². The van der Waals surface area contributed by atoms with Crippen LogP contribution in [0.2, 0.25) is 0 Å². The summed E-state index contributed by atoms with van der Waals surface area (Å²) in [7, 11) is 3.28. The molecule has 6 heteroatoms. The highest BCUT2D eigenvalue weighted by Crippen LogP contribution is 2.28. The van der Waals surface area contributed by atoms with Gasteiger partial charge in [-0.3, -0.25) is 0 Å². The molecule has 3 aromatic rings. The molecule has 0 spiro atoms. The van der Waals surface area contributed by atoms with Crippen LogP contribution in [0.3, 0.4) is 0 Å². The number of rotatable bonds is 5. The van der Waals surface area contributed by atoms with E-state index < -0.39 is 0 Å². The van der Waals surface area contributed by atoms with E-state index in [1.54, 1.807) is 18.9 Å². The standard InChI is InChI=1S/C17H16ClN3O2/c1-22-14-7-3-12(4-8-14)17-16(11-18)19-20-21(17)13-5-9-15(23-2)10-6-13/h3-10H,11H2,1-2H3. The highest BCUT2D eigenvalue weighted by molar-refractivity contribution is 6.17. The molecule has 0 radical (unpaired) electrons. The van der Waals surface area contributed by atoms with Gasteiger partial charge in [-0.05, 0) is 48.5 Å². The Morgan fingerprint density at radius 3 is 2.00 bits per heavy atom. The second kappa shape index (κ2) is 6.71. The van der Waals surface area contributed by atoms with Gasteiger partial charge in [-0.15, -0.1) is 16.7 Å². The fourth-order valence-corrected chi connectivity index (χ4v) is 2.53. The van der Waals surface area contributed by atoms with Crippen molar-refractivity contribution in [3.63, 3.8) is 0 Å². The number of ether oxygens (including phenoxy) is 2. The minimum Gasteiger partial charge on any atom is -0.497 e. The Hall–Kier alpha value is -2.53. The fraction of sp³-hybridized carbons (Fsp3) is 0.176. The quantitative estimate of drug-likeness (QED) is 0.670. The van der Waals surface area contributed by atoms with Gasteiger partial charge in [0.15, 0.2) is 0 Å². The lowest BCUT2D eigenvalue weighted by Gasteiger charge is -2.09. The second-order valence-electron chi connectivity index (χ2n) is 4.86. The van der Waals surface area contributed by atoms with Crippen LogP contribution in [0, 0.1) is 0 Å². The molecular formula is C17H16ClN3O2. The van der Waals surface area contributed by atoms with Crippen molar-refractivity contribution >= 4 is 11.6 Å². The maximum Gasteiger partial charge on any atom is 0.119 e. The smallest absolute Gasteiger partial charge is 0.119 e. The van der Waals surface area contributed by atoms with Gasteiger partial charge >= 0.3 is 0 Å². The van der Waals surface area contributed by atoms with Gasteiger partial charge in [-0.25, -0.2) is 4.68 Å². The summed E-state index contributed by atoms with van der Waals surface area (Å²) >= 11 is 6.03. The number of hydrogen-bond donors (Lipinski definition) is 0. The van der Waals surface area contributed by atoms with Crippen molar-refractivity contribution in [1.82, 2.24) is 15.0 Å². The fourth-order valence-electron chi connectivity index (χ4n) is 2.34. The first kappa shape index (κ1) is 15.4. The molecular weight excluding hydrogens is 314 g/mol. The van der Waals surface area contributed by atoms with Crippen molar-refractivity contribution in [3.05, 3.63) is 54.2 Å². The summed E-state index contributed by atoms with van der Waals surface area (Å²) in [6.07, 6.45) is 0. The minimum atomic E-state index is 0.289. The predicted octanol–water partition coefficient (Wildman–Crippen LogP) is 3.69. The molecule has 0 aliphatic carbocycles. The number of benzene rings is 2. The molecule has 0 aliphatic rings. The van der Waals surface area contributed by atoms with E-state index >= 15 is 0 Å². The molecule has 0 saturated heterocycles. The lowest BCUT2D eigenvalue weighted by Crippen LogP contribution is -2.00. The van der Waals surface area contributed by atoms with Gasteiger partial charge in [-0.1, -0.05) is 5.21 Å². The van der Waals surface area contributed by atoms with Crippen molar-refractivity contribution < 1.29 is 9.47 Å². The Kier molecular flexibility index (Phi) is 4.48. The second-order valence-corrected chi connectivity index (χ2v) is 5.12. The Morgan fingerprint density at radius 2 is 1.48 bits per heavy atom. The van der Waals surface area contributed by atoms with Crippen molar-refractivity contribution in [1.29, 1.82) is 0 Å².